The molecule has 0 saturated heterocycles. The average Bonchev–Trinajstić information content (AvgIpc) is 2.88. The number of rotatable bonds is 6. The molecule has 1 aromatic heterocycles. The number of nitrogens with one attached hydrogen (secondary N) is 1. The van der Waals surface area contributed by atoms with Gasteiger partial charge in [-0.3, -0.25) is 14.7 Å². The van der Waals surface area contributed by atoms with Crippen LogP contribution in [0.25, 0.3) is 10.9 Å². The van der Waals surface area contributed by atoms with Crippen molar-refractivity contribution in [2.75, 3.05) is 18.5 Å². The third kappa shape index (κ3) is 5.14. The zero-order valence-electron chi connectivity index (χ0n) is 20.6. The predicted octanol–water partition coefficient (Wildman–Crippen LogP) is 5.21. The summed E-state index contributed by atoms with van der Waals surface area (Å²) in [5.41, 5.74) is 7.09. The van der Waals surface area contributed by atoms with Crippen molar-refractivity contribution < 1.29 is 14.3 Å². The molecule has 0 spiro atoms. The Balaban J connectivity index is 1.37. The fraction of sp³-hybridized carbons (Fsp3) is 0.233. The molecule has 0 unspecified atom stereocenters. The molecular weight excluding hydrogens is 450 g/mol. The third-order valence-electron chi connectivity index (χ3n) is 6.57. The first kappa shape index (κ1) is 23.7. The number of fused-ring (bicyclic) bond motifs is 2. The summed E-state index contributed by atoms with van der Waals surface area (Å²) in [5.74, 6) is -0.865. The van der Waals surface area contributed by atoms with Crippen LogP contribution in [0.5, 0.6) is 0 Å². The van der Waals surface area contributed by atoms with Crippen LogP contribution in [0.1, 0.15) is 38.3 Å². The number of pyridine rings is 1. The van der Waals surface area contributed by atoms with Crippen LogP contribution in [0, 0.1) is 13.8 Å². The predicted molar refractivity (Wildman–Crippen MR) is 141 cm³/mol. The Kier molecular flexibility index (Phi) is 6.78. The molecule has 6 nitrogen and oxygen atoms in total. The molecule has 0 bridgehead atoms. The summed E-state index contributed by atoms with van der Waals surface area (Å²) in [5, 5.41) is 3.59. The highest BCUT2D eigenvalue weighted by molar-refractivity contribution is 6.06. The van der Waals surface area contributed by atoms with Crippen LogP contribution in [0.3, 0.4) is 0 Å². The van der Waals surface area contributed by atoms with Gasteiger partial charge in [-0.1, -0.05) is 66.2 Å². The van der Waals surface area contributed by atoms with E-state index in [0.29, 0.717) is 17.8 Å². The molecule has 0 saturated carbocycles. The molecule has 2 heterocycles. The number of hydrogen-bond donors (Lipinski definition) is 1. The molecule has 6 heteroatoms. The zero-order chi connectivity index (χ0) is 25.1. The monoisotopic (exact) mass is 479 g/mol. The lowest BCUT2D eigenvalue weighted by molar-refractivity contribution is -0.119. The summed E-state index contributed by atoms with van der Waals surface area (Å²) in [7, 11) is 0. The first-order chi connectivity index (χ1) is 17.5. The lowest BCUT2D eigenvalue weighted by atomic mass is 9.95. The van der Waals surface area contributed by atoms with Gasteiger partial charge in [-0.25, -0.2) is 4.79 Å². The van der Waals surface area contributed by atoms with Crippen molar-refractivity contribution in [1.29, 1.82) is 0 Å². The molecule has 36 heavy (non-hydrogen) atoms. The number of aryl methyl sites for hydroxylation is 2. The van der Waals surface area contributed by atoms with Crippen LogP contribution in [0.15, 0.2) is 72.8 Å². The molecule has 0 fully saturated rings. The van der Waals surface area contributed by atoms with E-state index < -0.39 is 5.97 Å². The van der Waals surface area contributed by atoms with Crippen molar-refractivity contribution >= 4 is 28.5 Å². The van der Waals surface area contributed by atoms with E-state index in [9.17, 15) is 9.59 Å². The van der Waals surface area contributed by atoms with Gasteiger partial charge in [0.15, 0.2) is 6.61 Å². The van der Waals surface area contributed by atoms with Gasteiger partial charge in [-0.2, -0.15) is 0 Å². The number of aromatic nitrogens is 1. The molecule has 1 amide bonds. The molecule has 0 radical (unpaired) electrons. The number of nitrogens with zero attached hydrogens (tertiary/aromatic N) is 2. The maximum Gasteiger partial charge on any atom is 0.339 e. The lowest BCUT2D eigenvalue weighted by Gasteiger charge is -2.30. The highest BCUT2D eigenvalue weighted by Crippen LogP contribution is 2.29. The molecule has 0 atom stereocenters. The number of hydrogen-bond acceptors (Lipinski definition) is 5. The zero-order valence-corrected chi connectivity index (χ0v) is 20.6. The summed E-state index contributed by atoms with van der Waals surface area (Å²) in [4.78, 5) is 33.2. The van der Waals surface area contributed by atoms with Crippen molar-refractivity contribution in [3.63, 3.8) is 0 Å². The second kappa shape index (κ2) is 10.3. The van der Waals surface area contributed by atoms with E-state index in [-0.39, 0.29) is 12.5 Å². The largest absolute Gasteiger partial charge is 0.452 e. The molecule has 0 aliphatic carbocycles. The fourth-order valence-electron chi connectivity index (χ4n) is 4.80. The van der Waals surface area contributed by atoms with E-state index in [0.717, 1.165) is 52.8 Å². The lowest BCUT2D eigenvalue weighted by Crippen LogP contribution is -2.32. The molecule has 1 aliphatic heterocycles. The second-order valence-electron chi connectivity index (χ2n) is 9.32. The second-order valence-corrected chi connectivity index (χ2v) is 9.32. The van der Waals surface area contributed by atoms with Crippen LogP contribution >= 0.6 is 0 Å². The summed E-state index contributed by atoms with van der Waals surface area (Å²) >= 11 is 0. The number of esters is 1. The first-order valence-electron chi connectivity index (χ1n) is 12.2. The standard InChI is InChI=1S/C30H29N3O3/c1-20-12-13-25(21(2)16-20)32-28(34)19-36-30(35)29-23-10-6-7-11-26(23)31-27-14-15-33(18-24(27)29)17-22-8-4-3-5-9-22/h3-13,16H,14-15,17-19H2,1-2H3,(H,32,34). The van der Waals surface area contributed by atoms with Crippen LogP contribution in [0.2, 0.25) is 0 Å². The van der Waals surface area contributed by atoms with Crippen LogP contribution in [-0.2, 0) is 29.0 Å². The van der Waals surface area contributed by atoms with E-state index in [4.69, 9.17) is 9.72 Å². The van der Waals surface area contributed by atoms with Crippen LogP contribution < -0.4 is 5.32 Å². The Labute approximate surface area is 210 Å². The van der Waals surface area contributed by atoms with Gasteiger partial charge in [-0.05, 0) is 37.1 Å². The van der Waals surface area contributed by atoms with Crippen molar-refractivity contribution in [1.82, 2.24) is 9.88 Å². The van der Waals surface area contributed by atoms with Crippen molar-refractivity contribution in [3.8, 4) is 0 Å². The number of carbonyl (C=O) groups excluding carboxylic acids is 2. The maximum atomic E-state index is 13.4. The van der Waals surface area contributed by atoms with Gasteiger partial charge < -0.3 is 10.1 Å². The van der Waals surface area contributed by atoms with Gasteiger partial charge in [0, 0.05) is 48.4 Å². The van der Waals surface area contributed by atoms with Crippen molar-refractivity contribution in [3.05, 3.63) is 106 Å². The minimum atomic E-state index is -0.498. The number of amides is 1. The molecule has 182 valence electrons. The highest BCUT2D eigenvalue weighted by atomic mass is 16.5. The minimum absolute atomic E-state index is 0.356. The van der Waals surface area contributed by atoms with Gasteiger partial charge in [0.2, 0.25) is 0 Å². The number of carbonyl (C=O) groups is 2. The summed E-state index contributed by atoms with van der Waals surface area (Å²) in [6, 6.07) is 23.7. The van der Waals surface area contributed by atoms with E-state index in [1.165, 1.54) is 5.56 Å². The van der Waals surface area contributed by atoms with Gasteiger partial charge >= 0.3 is 5.97 Å². The summed E-state index contributed by atoms with van der Waals surface area (Å²) in [6.07, 6.45) is 0.750. The topological polar surface area (TPSA) is 71.5 Å². The molecule has 4 aromatic rings. The highest BCUT2D eigenvalue weighted by Gasteiger charge is 2.27. The third-order valence-corrected chi connectivity index (χ3v) is 6.57. The fourth-order valence-corrected chi connectivity index (χ4v) is 4.80. The first-order valence-corrected chi connectivity index (χ1v) is 12.2. The number of ether oxygens (including phenoxy) is 1. The summed E-state index contributed by atoms with van der Waals surface area (Å²) < 4.78 is 5.56. The van der Waals surface area contributed by atoms with E-state index in [2.05, 4.69) is 22.3 Å². The normalized spacial score (nSPS) is 13.3. The Morgan fingerprint density at radius 1 is 1.00 bits per heavy atom. The molecule has 1 N–H and O–H groups in total. The van der Waals surface area contributed by atoms with E-state index >= 15 is 0 Å². The minimum Gasteiger partial charge on any atom is -0.452 e. The Morgan fingerprint density at radius 3 is 2.58 bits per heavy atom. The van der Waals surface area contributed by atoms with Gasteiger partial charge in [0.1, 0.15) is 0 Å². The number of benzene rings is 3. The Bertz CT molecular complexity index is 1430. The van der Waals surface area contributed by atoms with Crippen LogP contribution in [0.4, 0.5) is 5.69 Å². The average molecular weight is 480 g/mol. The van der Waals surface area contributed by atoms with E-state index in [1.807, 2.05) is 74.5 Å². The molecule has 1 aliphatic rings. The number of anilines is 1. The smallest absolute Gasteiger partial charge is 0.339 e. The van der Waals surface area contributed by atoms with Crippen molar-refractivity contribution in [2.45, 2.75) is 33.4 Å². The SMILES string of the molecule is Cc1ccc(NC(=O)COC(=O)c2c3c(nc4ccccc24)CCN(Cc2ccccc2)C3)c(C)c1. The van der Waals surface area contributed by atoms with Gasteiger partial charge in [-0.15, -0.1) is 0 Å². The maximum absolute atomic E-state index is 13.4. The Hall–Kier alpha value is -4.03. The quantitative estimate of drug-likeness (QED) is 0.385. The summed E-state index contributed by atoms with van der Waals surface area (Å²) in [6.45, 7) is 5.83. The Morgan fingerprint density at radius 2 is 1.78 bits per heavy atom. The van der Waals surface area contributed by atoms with E-state index in [1.54, 1.807) is 0 Å². The van der Waals surface area contributed by atoms with Crippen LogP contribution in [-0.4, -0.2) is 34.9 Å². The number of para-hydroxylation sites is 1. The molecule has 5 rings (SSSR count). The van der Waals surface area contributed by atoms with Crippen molar-refractivity contribution in [2.24, 2.45) is 0 Å². The van der Waals surface area contributed by atoms with Gasteiger partial charge in [0.25, 0.3) is 5.91 Å². The molecular formula is C30H29N3O3. The molecule has 3 aromatic carbocycles. The van der Waals surface area contributed by atoms with Gasteiger partial charge in [0.05, 0.1) is 11.1 Å².